The van der Waals surface area contributed by atoms with Crippen molar-refractivity contribution in [3.05, 3.63) is 64.7 Å². The van der Waals surface area contributed by atoms with Crippen LogP contribution >= 0.6 is 0 Å². The fraction of sp³-hybridized carbons (Fsp3) is 0. The molecule has 0 spiro atoms. The van der Waals surface area contributed by atoms with Crippen LogP contribution in [0.1, 0.15) is 0 Å². The Morgan fingerprint density at radius 2 is 1.60 bits per heavy atom. The molecule has 96 valence electrons. The smallest absolute Gasteiger partial charge is 0.400 e. The van der Waals surface area contributed by atoms with E-state index in [-0.39, 0.29) is 5.88 Å². The number of nitrogens with zero attached hydrogens (tertiary/aromatic N) is 1. The molecule has 0 aliphatic carbocycles. The van der Waals surface area contributed by atoms with Gasteiger partial charge in [-0.3, -0.25) is 10.1 Å². The number of rotatable bonds is 1. The van der Waals surface area contributed by atoms with Crippen molar-refractivity contribution >= 4 is 38.4 Å². The van der Waals surface area contributed by atoms with Gasteiger partial charge in [-0.05, 0) is 22.2 Å². The van der Waals surface area contributed by atoms with Gasteiger partial charge in [-0.2, -0.15) is 0 Å². The lowest BCUT2D eigenvalue weighted by molar-refractivity contribution is -0.401. The first kappa shape index (κ1) is 11.0. The second-order valence-electron chi connectivity index (χ2n) is 4.71. The predicted octanol–water partition coefficient (Wildman–Crippen LogP) is 4.65. The summed E-state index contributed by atoms with van der Waals surface area (Å²) < 4.78 is 5.39. The van der Waals surface area contributed by atoms with Gasteiger partial charge >= 0.3 is 5.88 Å². The summed E-state index contributed by atoms with van der Waals surface area (Å²) in [5, 5.41) is 15.8. The highest BCUT2D eigenvalue weighted by molar-refractivity contribution is 6.15. The summed E-state index contributed by atoms with van der Waals surface area (Å²) >= 11 is 0. The van der Waals surface area contributed by atoms with Crippen LogP contribution < -0.4 is 0 Å². The molecule has 0 bridgehead atoms. The molecule has 0 aliphatic heterocycles. The van der Waals surface area contributed by atoms with Crippen molar-refractivity contribution in [3.8, 4) is 0 Å². The van der Waals surface area contributed by atoms with Crippen LogP contribution in [0.4, 0.5) is 5.88 Å². The number of hydrogen-bond acceptors (Lipinski definition) is 3. The molecule has 0 saturated heterocycles. The van der Waals surface area contributed by atoms with Crippen molar-refractivity contribution in [1.82, 2.24) is 0 Å². The van der Waals surface area contributed by atoms with Crippen LogP contribution in [0.15, 0.2) is 59.0 Å². The van der Waals surface area contributed by atoms with Gasteiger partial charge in [-0.1, -0.05) is 42.5 Å². The van der Waals surface area contributed by atoms with E-state index in [1.54, 1.807) is 0 Å². The molecular formula is C16H9NO3. The average Bonchev–Trinajstić information content (AvgIpc) is 2.91. The minimum Gasteiger partial charge on any atom is -0.400 e. The Morgan fingerprint density at radius 3 is 2.45 bits per heavy atom. The van der Waals surface area contributed by atoms with Crippen LogP contribution in [-0.2, 0) is 0 Å². The Hall–Kier alpha value is -2.88. The monoisotopic (exact) mass is 263 g/mol. The number of furan rings is 1. The Morgan fingerprint density at radius 1 is 0.850 bits per heavy atom. The van der Waals surface area contributed by atoms with Crippen LogP contribution in [0.3, 0.4) is 0 Å². The topological polar surface area (TPSA) is 56.3 Å². The average molecular weight is 263 g/mol. The van der Waals surface area contributed by atoms with Gasteiger partial charge < -0.3 is 4.42 Å². The van der Waals surface area contributed by atoms with Gasteiger partial charge in [0.05, 0.1) is 6.07 Å². The summed E-state index contributed by atoms with van der Waals surface area (Å²) in [6.07, 6.45) is 0. The number of hydrogen-bond donors (Lipinski definition) is 0. The van der Waals surface area contributed by atoms with Crippen LogP contribution in [0.5, 0.6) is 0 Å². The van der Waals surface area contributed by atoms with E-state index >= 15 is 0 Å². The first-order chi connectivity index (χ1) is 9.74. The lowest BCUT2D eigenvalue weighted by atomic mass is 10.0. The number of benzene rings is 3. The summed E-state index contributed by atoms with van der Waals surface area (Å²) in [5.41, 5.74) is 0.569. The molecule has 0 unspecified atom stereocenters. The minimum absolute atomic E-state index is 0.222. The fourth-order valence-corrected chi connectivity index (χ4v) is 2.66. The maximum absolute atomic E-state index is 10.8. The van der Waals surface area contributed by atoms with E-state index < -0.39 is 4.92 Å². The number of nitro groups is 1. The van der Waals surface area contributed by atoms with E-state index in [2.05, 4.69) is 0 Å². The molecule has 0 N–H and O–H groups in total. The maximum atomic E-state index is 10.8. The van der Waals surface area contributed by atoms with E-state index in [4.69, 9.17) is 4.42 Å². The van der Waals surface area contributed by atoms with Crippen molar-refractivity contribution in [2.45, 2.75) is 0 Å². The van der Waals surface area contributed by atoms with Gasteiger partial charge in [-0.15, -0.1) is 0 Å². The molecule has 4 nitrogen and oxygen atoms in total. The molecule has 0 radical (unpaired) electrons. The quantitative estimate of drug-likeness (QED) is 0.285. The van der Waals surface area contributed by atoms with Gasteiger partial charge in [0.2, 0.25) is 0 Å². The first-order valence-electron chi connectivity index (χ1n) is 6.22. The fourth-order valence-electron chi connectivity index (χ4n) is 2.66. The van der Waals surface area contributed by atoms with Crippen LogP contribution in [-0.4, -0.2) is 4.92 Å². The lowest BCUT2D eigenvalue weighted by Gasteiger charge is -2.03. The molecule has 3 aromatic carbocycles. The summed E-state index contributed by atoms with van der Waals surface area (Å²) in [7, 11) is 0. The van der Waals surface area contributed by atoms with Crippen molar-refractivity contribution in [2.24, 2.45) is 0 Å². The zero-order valence-electron chi connectivity index (χ0n) is 10.4. The SMILES string of the molecule is O=[N+]([O-])c1cc2ccc3c4ccccc4ccc3c2o1. The zero-order valence-corrected chi connectivity index (χ0v) is 10.4. The van der Waals surface area contributed by atoms with E-state index in [1.807, 2.05) is 48.5 Å². The van der Waals surface area contributed by atoms with Gasteiger partial charge in [0.25, 0.3) is 0 Å². The molecule has 4 heteroatoms. The Labute approximate surface area is 113 Å². The first-order valence-corrected chi connectivity index (χ1v) is 6.22. The molecule has 20 heavy (non-hydrogen) atoms. The summed E-state index contributed by atoms with van der Waals surface area (Å²) in [4.78, 5) is 10.3. The minimum atomic E-state index is -0.507. The summed E-state index contributed by atoms with van der Waals surface area (Å²) in [6.45, 7) is 0. The molecule has 4 aromatic rings. The second-order valence-corrected chi connectivity index (χ2v) is 4.71. The summed E-state index contributed by atoms with van der Waals surface area (Å²) in [6, 6.07) is 17.3. The Kier molecular flexibility index (Phi) is 2.09. The Balaban J connectivity index is 2.19. The highest BCUT2D eigenvalue weighted by Gasteiger charge is 2.15. The molecule has 1 aromatic heterocycles. The van der Waals surface area contributed by atoms with Crippen molar-refractivity contribution in [3.63, 3.8) is 0 Å². The third kappa shape index (κ3) is 1.42. The van der Waals surface area contributed by atoms with E-state index in [0.29, 0.717) is 5.58 Å². The largest absolute Gasteiger partial charge is 0.434 e. The van der Waals surface area contributed by atoms with E-state index in [9.17, 15) is 10.1 Å². The molecule has 0 saturated carbocycles. The van der Waals surface area contributed by atoms with Crippen LogP contribution in [0, 0.1) is 10.1 Å². The van der Waals surface area contributed by atoms with Gasteiger partial charge in [0, 0.05) is 10.8 Å². The third-order valence-electron chi connectivity index (χ3n) is 3.57. The Bertz CT molecular complexity index is 985. The third-order valence-corrected chi connectivity index (χ3v) is 3.57. The van der Waals surface area contributed by atoms with Gasteiger partial charge in [0.15, 0.2) is 0 Å². The van der Waals surface area contributed by atoms with Crippen LogP contribution in [0.25, 0.3) is 32.5 Å². The van der Waals surface area contributed by atoms with E-state index in [0.717, 1.165) is 26.9 Å². The lowest BCUT2D eigenvalue weighted by Crippen LogP contribution is -1.82. The van der Waals surface area contributed by atoms with Crippen molar-refractivity contribution in [2.75, 3.05) is 0 Å². The second kappa shape index (κ2) is 3.81. The predicted molar refractivity (Wildman–Crippen MR) is 77.9 cm³/mol. The zero-order chi connectivity index (χ0) is 13.7. The summed E-state index contributed by atoms with van der Waals surface area (Å²) in [5.74, 6) is -0.222. The molecule has 0 amide bonds. The highest BCUT2D eigenvalue weighted by atomic mass is 16.6. The normalized spacial score (nSPS) is 11.4. The van der Waals surface area contributed by atoms with Gasteiger partial charge in [-0.25, -0.2) is 0 Å². The number of fused-ring (bicyclic) bond motifs is 5. The van der Waals surface area contributed by atoms with Crippen molar-refractivity contribution in [1.29, 1.82) is 0 Å². The molecule has 0 atom stereocenters. The van der Waals surface area contributed by atoms with Gasteiger partial charge in [0.1, 0.15) is 10.5 Å². The highest BCUT2D eigenvalue weighted by Crippen LogP contribution is 2.34. The standard InChI is InChI=1S/C16H9NO3/c18-17(19)15-9-11-6-7-13-12-4-2-1-3-10(12)5-8-14(13)16(11)20-15/h1-9H. The van der Waals surface area contributed by atoms with Crippen LogP contribution in [0.2, 0.25) is 0 Å². The molecule has 4 rings (SSSR count). The molecule has 0 aliphatic rings. The maximum Gasteiger partial charge on any atom is 0.434 e. The van der Waals surface area contributed by atoms with Crippen molar-refractivity contribution < 1.29 is 9.34 Å². The van der Waals surface area contributed by atoms with E-state index in [1.165, 1.54) is 6.07 Å². The molecular weight excluding hydrogens is 254 g/mol. The molecule has 0 fully saturated rings. The molecule has 1 heterocycles.